The topological polar surface area (TPSA) is 43.4 Å². The molecular weight excluding hydrogens is 132 g/mol. The Balaban J connectivity index is 4.05. The fourth-order valence-electron chi connectivity index (χ4n) is 0.508. The van der Waals surface area contributed by atoms with Crippen LogP contribution in [-0.2, 0) is 14.3 Å². The van der Waals surface area contributed by atoms with Crippen LogP contribution >= 0.6 is 0 Å². The zero-order valence-electron chi connectivity index (χ0n) is 6.51. The summed E-state index contributed by atoms with van der Waals surface area (Å²) in [5, 5.41) is 0. The van der Waals surface area contributed by atoms with Crippen LogP contribution in [0.15, 0.2) is 0 Å². The highest BCUT2D eigenvalue weighted by Gasteiger charge is 2.23. The number of carbonyl (C=O) groups is 2. The van der Waals surface area contributed by atoms with Gasteiger partial charge in [-0.1, -0.05) is 6.92 Å². The molecule has 0 saturated heterocycles. The Bertz CT molecular complexity index is 142. The van der Waals surface area contributed by atoms with Crippen molar-refractivity contribution in [3.8, 4) is 0 Å². The fourth-order valence-corrected chi connectivity index (χ4v) is 0.508. The molecule has 0 aromatic heterocycles. The molecule has 0 radical (unpaired) electrons. The maximum absolute atomic E-state index is 10.4. The minimum absolute atomic E-state index is 0.420. The van der Waals surface area contributed by atoms with Crippen LogP contribution in [0.25, 0.3) is 0 Å². The van der Waals surface area contributed by atoms with E-state index in [1.54, 1.807) is 13.8 Å². The molecule has 0 heterocycles. The van der Waals surface area contributed by atoms with E-state index >= 15 is 0 Å². The van der Waals surface area contributed by atoms with Gasteiger partial charge in [0.25, 0.3) is 0 Å². The second kappa shape index (κ2) is 3.34. The monoisotopic (exact) mass is 144 g/mol. The van der Waals surface area contributed by atoms with Gasteiger partial charge in [0.05, 0.1) is 0 Å². The highest BCUT2D eigenvalue weighted by Crippen LogP contribution is 2.11. The van der Waals surface area contributed by atoms with E-state index in [1.165, 1.54) is 6.92 Å². The Morgan fingerprint density at radius 3 is 2.30 bits per heavy atom. The van der Waals surface area contributed by atoms with Gasteiger partial charge in [0.2, 0.25) is 0 Å². The first-order chi connectivity index (χ1) is 4.54. The zero-order chi connectivity index (χ0) is 8.20. The number of aldehydes is 1. The smallest absolute Gasteiger partial charge is 0.303 e. The maximum Gasteiger partial charge on any atom is 0.303 e. The lowest BCUT2D eigenvalue weighted by Crippen LogP contribution is -2.31. The second-order valence-electron chi connectivity index (χ2n) is 2.38. The Labute approximate surface area is 60.4 Å². The van der Waals surface area contributed by atoms with Gasteiger partial charge in [-0.15, -0.1) is 0 Å². The minimum Gasteiger partial charge on any atom is -0.452 e. The van der Waals surface area contributed by atoms with Gasteiger partial charge in [0.15, 0.2) is 11.9 Å². The standard InChI is InChI=1S/C7H12O3/c1-4-7(3,5-8)10-6(2)9/h5H,4H2,1-3H3. The lowest BCUT2D eigenvalue weighted by Gasteiger charge is -2.20. The van der Waals surface area contributed by atoms with Crippen LogP contribution in [0, 0.1) is 0 Å². The molecule has 3 nitrogen and oxygen atoms in total. The molecule has 3 heteroatoms. The van der Waals surface area contributed by atoms with Gasteiger partial charge in [0, 0.05) is 6.92 Å². The molecule has 0 aliphatic carbocycles. The molecule has 0 aromatic rings. The van der Waals surface area contributed by atoms with E-state index in [9.17, 15) is 9.59 Å². The van der Waals surface area contributed by atoms with Gasteiger partial charge in [-0.25, -0.2) is 0 Å². The van der Waals surface area contributed by atoms with Gasteiger partial charge in [-0.05, 0) is 13.3 Å². The third kappa shape index (κ3) is 2.62. The highest BCUT2D eigenvalue weighted by molar-refractivity contribution is 5.72. The predicted molar refractivity (Wildman–Crippen MR) is 36.5 cm³/mol. The Morgan fingerprint density at radius 1 is 1.70 bits per heavy atom. The van der Waals surface area contributed by atoms with E-state index in [0.717, 1.165) is 0 Å². The van der Waals surface area contributed by atoms with Crippen molar-refractivity contribution in [3.63, 3.8) is 0 Å². The molecule has 58 valence electrons. The number of hydrogen-bond donors (Lipinski definition) is 0. The zero-order valence-corrected chi connectivity index (χ0v) is 6.51. The molecule has 0 bridgehead atoms. The van der Waals surface area contributed by atoms with Gasteiger partial charge >= 0.3 is 5.97 Å². The van der Waals surface area contributed by atoms with Crippen molar-refractivity contribution in [3.05, 3.63) is 0 Å². The van der Waals surface area contributed by atoms with E-state index in [0.29, 0.717) is 12.7 Å². The molecule has 0 aliphatic heterocycles. The molecule has 0 rings (SSSR count). The van der Waals surface area contributed by atoms with Crippen molar-refractivity contribution in [1.82, 2.24) is 0 Å². The van der Waals surface area contributed by atoms with E-state index in [1.807, 2.05) is 0 Å². The van der Waals surface area contributed by atoms with E-state index in [-0.39, 0.29) is 0 Å². The Kier molecular flexibility index (Phi) is 3.06. The van der Waals surface area contributed by atoms with Crippen LogP contribution in [0.1, 0.15) is 27.2 Å². The molecule has 0 aromatic carbocycles. The SMILES string of the molecule is CCC(C)(C=O)OC(C)=O. The van der Waals surface area contributed by atoms with Crippen molar-refractivity contribution in [2.75, 3.05) is 0 Å². The van der Waals surface area contributed by atoms with Crippen LogP contribution in [0.4, 0.5) is 0 Å². The summed E-state index contributed by atoms with van der Waals surface area (Å²) in [4.78, 5) is 20.7. The number of esters is 1. The van der Waals surface area contributed by atoms with E-state index in [2.05, 4.69) is 0 Å². The molecule has 0 aliphatic rings. The molecule has 0 saturated carbocycles. The summed E-state index contributed by atoms with van der Waals surface area (Å²) >= 11 is 0. The van der Waals surface area contributed by atoms with Crippen LogP contribution in [0.5, 0.6) is 0 Å². The maximum atomic E-state index is 10.4. The summed E-state index contributed by atoms with van der Waals surface area (Å²) in [5.74, 6) is -0.420. The van der Waals surface area contributed by atoms with Gasteiger partial charge < -0.3 is 4.74 Å². The van der Waals surface area contributed by atoms with Crippen LogP contribution in [-0.4, -0.2) is 17.9 Å². The molecular formula is C7H12O3. The Morgan fingerprint density at radius 2 is 2.20 bits per heavy atom. The normalized spacial score (nSPS) is 15.5. The van der Waals surface area contributed by atoms with Crippen LogP contribution < -0.4 is 0 Å². The molecule has 1 atom stereocenters. The summed E-state index contributed by atoms with van der Waals surface area (Å²) in [5.41, 5.74) is -0.925. The highest BCUT2D eigenvalue weighted by atomic mass is 16.6. The molecule has 0 N–H and O–H groups in total. The number of hydrogen-bond acceptors (Lipinski definition) is 3. The summed E-state index contributed by atoms with van der Waals surface area (Å²) in [7, 11) is 0. The number of rotatable bonds is 3. The second-order valence-corrected chi connectivity index (χ2v) is 2.38. The average Bonchev–Trinajstić information content (AvgIpc) is 1.87. The van der Waals surface area contributed by atoms with Crippen molar-refractivity contribution < 1.29 is 14.3 Å². The summed E-state index contributed by atoms with van der Waals surface area (Å²) < 4.78 is 4.73. The van der Waals surface area contributed by atoms with Crippen molar-refractivity contribution >= 4 is 12.3 Å². The first kappa shape index (κ1) is 9.14. The van der Waals surface area contributed by atoms with Gasteiger partial charge in [0.1, 0.15) is 0 Å². The largest absolute Gasteiger partial charge is 0.452 e. The quantitative estimate of drug-likeness (QED) is 0.437. The minimum atomic E-state index is -0.925. The van der Waals surface area contributed by atoms with Crippen molar-refractivity contribution in [2.45, 2.75) is 32.8 Å². The first-order valence-electron chi connectivity index (χ1n) is 3.20. The molecule has 0 fully saturated rings. The molecule has 0 spiro atoms. The Hall–Kier alpha value is -0.860. The summed E-state index contributed by atoms with van der Waals surface area (Å²) in [6.45, 7) is 4.66. The first-order valence-corrected chi connectivity index (χ1v) is 3.20. The van der Waals surface area contributed by atoms with Crippen molar-refractivity contribution in [2.24, 2.45) is 0 Å². The molecule has 10 heavy (non-hydrogen) atoms. The third-order valence-corrected chi connectivity index (χ3v) is 1.33. The predicted octanol–water partition coefficient (Wildman–Crippen LogP) is 0.917. The van der Waals surface area contributed by atoms with Gasteiger partial charge in [-0.2, -0.15) is 0 Å². The van der Waals surface area contributed by atoms with Crippen molar-refractivity contribution in [1.29, 1.82) is 0 Å². The summed E-state index contributed by atoms with van der Waals surface area (Å²) in [6, 6.07) is 0. The number of ether oxygens (including phenoxy) is 1. The number of carbonyl (C=O) groups excluding carboxylic acids is 2. The van der Waals surface area contributed by atoms with E-state index in [4.69, 9.17) is 4.74 Å². The van der Waals surface area contributed by atoms with Gasteiger partial charge in [-0.3, -0.25) is 9.59 Å². The average molecular weight is 144 g/mol. The van der Waals surface area contributed by atoms with Crippen LogP contribution in [0.3, 0.4) is 0 Å². The molecule has 0 amide bonds. The third-order valence-electron chi connectivity index (χ3n) is 1.33. The lowest BCUT2D eigenvalue weighted by atomic mass is 10.1. The fraction of sp³-hybridized carbons (Fsp3) is 0.714. The molecule has 1 unspecified atom stereocenters. The van der Waals surface area contributed by atoms with Crippen LogP contribution in [0.2, 0.25) is 0 Å². The lowest BCUT2D eigenvalue weighted by molar-refractivity contribution is -0.159. The van der Waals surface area contributed by atoms with E-state index < -0.39 is 11.6 Å². The summed E-state index contributed by atoms with van der Waals surface area (Å²) in [6.07, 6.45) is 1.16.